The number of esters is 1. The third kappa shape index (κ3) is 7.63. The average Bonchev–Trinajstić information content (AvgIpc) is 4.02. The molecule has 0 saturated carbocycles. The summed E-state index contributed by atoms with van der Waals surface area (Å²) in [5.41, 5.74) is 7.55. The zero-order valence-electron chi connectivity index (χ0n) is 34.2. The molecule has 10 heteroatoms. The maximum Gasteiger partial charge on any atom is 0.329 e. The van der Waals surface area contributed by atoms with Gasteiger partial charge in [-0.25, -0.2) is 14.3 Å². The van der Waals surface area contributed by atoms with Gasteiger partial charge in [0.1, 0.15) is 11.6 Å². The van der Waals surface area contributed by atoms with Crippen LogP contribution in [0.5, 0.6) is 0 Å². The molecule has 1 aliphatic rings. The third-order valence-electron chi connectivity index (χ3n) is 11.6. The first-order valence-electron chi connectivity index (χ1n) is 20.7. The van der Waals surface area contributed by atoms with E-state index in [0.29, 0.717) is 36.7 Å². The number of aromatic nitrogens is 4. The number of tetrazole rings is 1. The number of para-hydroxylation sites is 2. The Kier molecular flexibility index (Phi) is 11.5. The largest absolute Gasteiger partial charge is 0.467 e. The quantitative estimate of drug-likeness (QED) is 0.0968. The van der Waals surface area contributed by atoms with Crippen LogP contribution in [0.1, 0.15) is 28.7 Å². The number of nitrogens with one attached hydrogen (secondary N) is 1. The van der Waals surface area contributed by atoms with Crippen LogP contribution in [0.3, 0.4) is 0 Å². The highest BCUT2D eigenvalue weighted by molar-refractivity contribution is 6.01. The molecule has 0 spiro atoms. The summed E-state index contributed by atoms with van der Waals surface area (Å²) in [6.07, 6.45) is 0.423. The average molecular weight is 816 g/mol. The highest BCUT2D eigenvalue weighted by Crippen LogP contribution is 2.43. The van der Waals surface area contributed by atoms with Gasteiger partial charge in [-0.05, 0) is 74.5 Å². The Hall–Kier alpha value is -7.69. The highest BCUT2D eigenvalue weighted by atomic mass is 16.5. The van der Waals surface area contributed by atoms with Crippen molar-refractivity contribution in [2.24, 2.45) is 0 Å². The predicted molar refractivity (Wildman–Crippen MR) is 241 cm³/mol. The summed E-state index contributed by atoms with van der Waals surface area (Å²) < 4.78 is 7.17. The number of anilines is 2. The topological polar surface area (TPSA) is 105 Å². The summed E-state index contributed by atoms with van der Waals surface area (Å²) in [4.78, 5) is 30.8. The number of methoxy groups -OCH3 is 1. The van der Waals surface area contributed by atoms with Crippen molar-refractivity contribution in [2.75, 3.05) is 18.6 Å². The molecular weight excluding hydrogens is 771 g/mol. The van der Waals surface area contributed by atoms with E-state index in [9.17, 15) is 9.59 Å². The molecule has 1 N–H and O–H groups in total. The molecule has 0 bridgehead atoms. The number of rotatable bonds is 12. The summed E-state index contributed by atoms with van der Waals surface area (Å²) >= 11 is 0. The summed E-state index contributed by atoms with van der Waals surface area (Å²) in [6.45, 7) is 0.876. The van der Waals surface area contributed by atoms with Gasteiger partial charge in [-0.15, -0.1) is 5.10 Å². The van der Waals surface area contributed by atoms with Crippen LogP contribution in [0.4, 0.5) is 16.2 Å². The molecule has 1 saturated heterocycles. The van der Waals surface area contributed by atoms with Gasteiger partial charge in [0.25, 0.3) is 0 Å². The fourth-order valence-corrected chi connectivity index (χ4v) is 8.69. The van der Waals surface area contributed by atoms with Gasteiger partial charge in [-0.1, -0.05) is 176 Å². The first kappa shape index (κ1) is 39.8. The Morgan fingerprint density at radius 1 is 0.645 bits per heavy atom. The van der Waals surface area contributed by atoms with Gasteiger partial charge < -0.3 is 15.0 Å². The van der Waals surface area contributed by atoms with Crippen LogP contribution in [0.15, 0.2) is 200 Å². The van der Waals surface area contributed by atoms with Crippen molar-refractivity contribution in [3.8, 4) is 22.5 Å². The van der Waals surface area contributed by atoms with Gasteiger partial charge in [-0.3, -0.25) is 4.90 Å². The minimum atomic E-state index is -0.889. The van der Waals surface area contributed by atoms with Crippen LogP contribution in [0.25, 0.3) is 22.5 Å². The molecule has 1 aromatic heterocycles. The van der Waals surface area contributed by atoms with Crippen molar-refractivity contribution in [3.05, 3.63) is 222 Å². The minimum Gasteiger partial charge on any atom is -0.467 e. The predicted octanol–water partition coefficient (Wildman–Crippen LogP) is 9.51. The summed E-state index contributed by atoms with van der Waals surface area (Å²) in [5.74, 6) is 0.188. The molecule has 1 fully saturated rings. The Balaban J connectivity index is 0.989. The van der Waals surface area contributed by atoms with E-state index in [4.69, 9.17) is 15.0 Å². The molecule has 1 aliphatic heterocycles. The SMILES string of the molecule is COC(=O)[C@@H]1C[C@H](NCc2ccc(-c3ccccc3-c3nnnn3C(c3ccccc3)(c3ccccc3)c3ccccc3)cc2)CN1C(=O)N(c1ccccc1)c1ccccc1. The summed E-state index contributed by atoms with van der Waals surface area (Å²) in [7, 11) is 1.37. The van der Waals surface area contributed by atoms with Gasteiger partial charge in [0.2, 0.25) is 0 Å². The van der Waals surface area contributed by atoms with Gasteiger partial charge in [-0.2, -0.15) is 0 Å². The van der Waals surface area contributed by atoms with Crippen molar-refractivity contribution in [1.82, 2.24) is 30.4 Å². The molecule has 7 aromatic carbocycles. The van der Waals surface area contributed by atoms with Gasteiger partial charge in [0, 0.05) is 24.7 Å². The molecule has 62 heavy (non-hydrogen) atoms. The number of ether oxygens (including phenoxy) is 1. The van der Waals surface area contributed by atoms with Crippen molar-refractivity contribution < 1.29 is 14.3 Å². The van der Waals surface area contributed by atoms with E-state index >= 15 is 0 Å². The van der Waals surface area contributed by atoms with Crippen LogP contribution in [-0.2, 0) is 21.6 Å². The number of hydrogen-bond donors (Lipinski definition) is 1. The van der Waals surface area contributed by atoms with E-state index in [2.05, 4.69) is 120 Å². The van der Waals surface area contributed by atoms with E-state index in [1.165, 1.54) is 7.11 Å². The number of carbonyl (C=O) groups excluding carboxylic acids is 2. The second-order valence-corrected chi connectivity index (χ2v) is 15.3. The number of hydrogen-bond acceptors (Lipinski definition) is 7. The summed E-state index contributed by atoms with van der Waals surface area (Å²) in [6, 6.07) is 65.6. The molecule has 2 heterocycles. The van der Waals surface area contributed by atoms with Crippen molar-refractivity contribution >= 4 is 23.4 Å². The molecule has 306 valence electrons. The fraction of sp³-hybridized carbons (Fsp3) is 0.135. The summed E-state index contributed by atoms with van der Waals surface area (Å²) in [5, 5.41) is 17.4. The zero-order chi connectivity index (χ0) is 42.3. The zero-order valence-corrected chi connectivity index (χ0v) is 34.2. The number of benzene rings is 7. The smallest absolute Gasteiger partial charge is 0.329 e. The monoisotopic (exact) mass is 815 g/mol. The Labute approximate surface area is 361 Å². The number of urea groups is 1. The standard InChI is InChI=1S/C52H45N7O3/c1-62-50(60)48-35-43(37-57(48)51(61)58(44-25-13-5-14-26-44)45-27-15-6-16-28-45)53-36-38-31-33-39(34-32-38)46-29-17-18-30-47(46)49-54-55-56-59(49)52(40-19-7-2-8-20-40,41-21-9-3-10-22-41)42-23-11-4-12-24-42/h2-34,43,48,53H,35-37H2,1H3/t43-,48-/m0/s1. The second kappa shape index (κ2) is 17.9. The van der Waals surface area contributed by atoms with Gasteiger partial charge in [0.15, 0.2) is 5.82 Å². The first-order chi connectivity index (χ1) is 30.6. The van der Waals surface area contributed by atoms with Crippen molar-refractivity contribution in [1.29, 1.82) is 0 Å². The van der Waals surface area contributed by atoms with Crippen LogP contribution in [0.2, 0.25) is 0 Å². The van der Waals surface area contributed by atoms with E-state index in [1.807, 2.05) is 95.7 Å². The van der Waals surface area contributed by atoms with E-state index in [-0.39, 0.29) is 12.1 Å². The molecule has 0 unspecified atom stereocenters. The van der Waals surface area contributed by atoms with E-state index < -0.39 is 17.6 Å². The molecule has 8 aromatic rings. The van der Waals surface area contributed by atoms with E-state index in [0.717, 1.165) is 38.9 Å². The Bertz CT molecular complexity index is 2600. The van der Waals surface area contributed by atoms with Crippen LogP contribution >= 0.6 is 0 Å². The number of nitrogens with zero attached hydrogens (tertiary/aromatic N) is 6. The lowest BCUT2D eigenvalue weighted by molar-refractivity contribution is -0.144. The third-order valence-corrected chi connectivity index (χ3v) is 11.6. The van der Waals surface area contributed by atoms with E-state index in [1.54, 1.807) is 9.80 Å². The molecule has 0 aliphatic carbocycles. The molecule has 2 atom stereocenters. The maximum atomic E-state index is 14.4. The molecule has 9 rings (SSSR count). The molecule has 2 amide bonds. The first-order valence-corrected chi connectivity index (χ1v) is 20.7. The van der Waals surface area contributed by atoms with Crippen molar-refractivity contribution in [2.45, 2.75) is 30.6 Å². The number of amides is 2. The Morgan fingerprint density at radius 2 is 1.13 bits per heavy atom. The molecular formula is C52H45N7O3. The lowest BCUT2D eigenvalue weighted by Crippen LogP contribution is -2.47. The van der Waals surface area contributed by atoms with Crippen molar-refractivity contribution in [3.63, 3.8) is 0 Å². The molecule has 10 nitrogen and oxygen atoms in total. The number of carbonyl (C=O) groups is 2. The van der Waals surface area contributed by atoms with Crippen LogP contribution in [-0.4, -0.2) is 62.8 Å². The fourth-order valence-electron chi connectivity index (χ4n) is 8.69. The van der Waals surface area contributed by atoms with Crippen LogP contribution in [0, 0.1) is 0 Å². The molecule has 0 radical (unpaired) electrons. The maximum absolute atomic E-state index is 14.4. The highest BCUT2D eigenvalue weighted by Gasteiger charge is 2.43. The van der Waals surface area contributed by atoms with Crippen LogP contribution < -0.4 is 10.2 Å². The lowest BCUT2D eigenvalue weighted by Gasteiger charge is -2.36. The minimum absolute atomic E-state index is 0.144. The second-order valence-electron chi connectivity index (χ2n) is 15.3. The Morgan fingerprint density at radius 3 is 1.65 bits per heavy atom. The normalized spacial score (nSPS) is 15.0. The van der Waals surface area contributed by atoms with Gasteiger partial charge in [0.05, 0.1) is 18.5 Å². The number of likely N-dealkylation sites (tertiary alicyclic amines) is 1. The van der Waals surface area contributed by atoms with Gasteiger partial charge >= 0.3 is 12.0 Å². The lowest BCUT2D eigenvalue weighted by atomic mass is 9.77.